The summed E-state index contributed by atoms with van der Waals surface area (Å²) in [7, 11) is 0. The quantitative estimate of drug-likeness (QED) is 0.758. The van der Waals surface area contributed by atoms with E-state index in [0.29, 0.717) is 19.8 Å². The number of hydrogen-bond acceptors (Lipinski definition) is 4. The summed E-state index contributed by atoms with van der Waals surface area (Å²) in [4.78, 5) is 0. The van der Waals surface area contributed by atoms with Crippen LogP contribution in [0.1, 0.15) is 11.1 Å². The summed E-state index contributed by atoms with van der Waals surface area (Å²) < 4.78 is 11.1. The summed E-state index contributed by atoms with van der Waals surface area (Å²) in [5.74, 6) is 1.57. The highest BCUT2D eigenvalue weighted by atomic mass is 16.5. The highest BCUT2D eigenvalue weighted by molar-refractivity contribution is 5.28. The smallest absolute Gasteiger partial charge is 0.122 e. The molecule has 20 heavy (non-hydrogen) atoms. The third-order valence-electron chi connectivity index (χ3n) is 2.89. The predicted molar refractivity (Wildman–Crippen MR) is 77.7 cm³/mol. The summed E-state index contributed by atoms with van der Waals surface area (Å²) in [5.41, 5.74) is 7.48. The van der Waals surface area contributed by atoms with E-state index in [9.17, 15) is 0 Å². The first-order valence-corrected chi connectivity index (χ1v) is 6.56. The third kappa shape index (κ3) is 4.26. The molecule has 106 valence electrons. The van der Waals surface area contributed by atoms with Crippen LogP contribution in [0.25, 0.3) is 0 Å². The van der Waals surface area contributed by atoms with Crippen molar-refractivity contribution >= 4 is 0 Å². The van der Waals surface area contributed by atoms with Gasteiger partial charge in [0, 0.05) is 6.54 Å². The normalized spacial score (nSPS) is 10.3. The number of nitrogens with two attached hydrogens (primary N) is 1. The second-order valence-electron chi connectivity index (χ2n) is 4.35. The van der Waals surface area contributed by atoms with Crippen LogP contribution < -0.4 is 15.2 Å². The van der Waals surface area contributed by atoms with Crippen LogP contribution in [0, 0.1) is 0 Å². The molecule has 0 amide bonds. The molecule has 0 saturated heterocycles. The molecule has 0 unspecified atom stereocenters. The molecule has 0 fully saturated rings. The maximum absolute atomic E-state index is 8.94. The van der Waals surface area contributed by atoms with Gasteiger partial charge in [0.2, 0.25) is 0 Å². The predicted octanol–water partition coefficient (Wildman–Crippen LogP) is 2.10. The number of rotatable bonds is 7. The first-order chi connectivity index (χ1) is 9.81. The largest absolute Gasteiger partial charge is 0.490 e. The van der Waals surface area contributed by atoms with Crippen LogP contribution in [0.15, 0.2) is 48.5 Å². The van der Waals surface area contributed by atoms with Gasteiger partial charge in [-0.3, -0.25) is 0 Å². The molecule has 0 heterocycles. The minimum Gasteiger partial charge on any atom is -0.490 e. The van der Waals surface area contributed by atoms with E-state index in [1.807, 2.05) is 48.5 Å². The first kappa shape index (κ1) is 14.4. The van der Waals surface area contributed by atoms with Crippen molar-refractivity contribution in [2.24, 2.45) is 5.73 Å². The fourth-order valence-electron chi connectivity index (χ4n) is 1.73. The maximum Gasteiger partial charge on any atom is 0.122 e. The van der Waals surface area contributed by atoms with Gasteiger partial charge in [-0.2, -0.15) is 0 Å². The summed E-state index contributed by atoms with van der Waals surface area (Å²) >= 11 is 0. The number of benzene rings is 2. The Balaban J connectivity index is 1.72. The fourth-order valence-corrected chi connectivity index (χ4v) is 1.73. The highest BCUT2D eigenvalue weighted by Gasteiger charge is 1.97. The van der Waals surface area contributed by atoms with Crippen molar-refractivity contribution in [3.8, 4) is 11.5 Å². The van der Waals surface area contributed by atoms with Crippen LogP contribution in [0.3, 0.4) is 0 Å². The molecule has 0 radical (unpaired) electrons. The van der Waals surface area contributed by atoms with Gasteiger partial charge >= 0.3 is 0 Å². The van der Waals surface area contributed by atoms with Crippen LogP contribution >= 0.6 is 0 Å². The lowest BCUT2D eigenvalue weighted by atomic mass is 10.2. The highest BCUT2D eigenvalue weighted by Crippen LogP contribution is 2.13. The van der Waals surface area contributed by atoms with Gasteiger partial charge in [-0.1, -0.05) is 24.3 Å². The molecule has 2 rings (SSSR count). The van der Waals surface area contributed by atoms with Crippen molar-refractivity contribution in [2.75, 3.05) is 13.2 Å². The van der Waals surface area contributed by atoms with E-state index < -0.39 is 0 Å². The molecule has 2 aromatic rings. The molecule has 3 N–H and O–H groups in total. The monoisotopic (exact) mass is 273 g/mol. The van der Waals surface area contributed by atoms with Crippen molar-refractivity contribution in [2.45, 2.75) is 13.2 Å². The van der Waals surface area contributed by atoms with Gasteiger partial charge in [0.1, 0.15) is 24.7 Å². The average molecular weight is 273 g/mol. The Bertz CT molecular complexity index is 459. The van der Waals surface area contributed by atoms with Crippen molar-refractivity contribution in [1.82, 2.24) is 0 Å². The van der Waals surface area contributed by atoms with E-state index in [4.69, 9.17) is 20.3 Å². The zero-order valence-corrected chi connectivity index (χ0v) is 11.3. The van der Waals surface area contributed by atoms with E-state index in [-0.39, 0.29) is 6.61 Å². The van der Waals surface area contributed by atoms with Crippen LogP contribution in [0.2, 0.25) is 0 Å². The SMILES string of the molecule is NCc1ccc(OCCOc2ccc(CO)cc2)cc1. The maximum atomic E-state index is 8.94. The van der Waals surface area contributed by atoms with Gasteiger partial charge < -0.3 is 20.3 Å². The van der Waals surface area contributed by atoms with Gasteiger partial charge in [-0.15, -0.1) is 0 Å². The number of aliphatic hydroxyl groups excluding tert-OH is 1. The zero-order chi connectivity index (χ0) is 14.2. The number of hydrogen-bond donors (Lipinski definition) is 2. The molecule has 0 saturated carbocycles. The van der Waals surface area contributed by atoms with E-state index in [1.165, 1.54) is 0 Å². The lowest BCUT2D eigenvalue weighted by molar-refractivity contribution is 0.217. The molecule has 0 aliphatic heterocycles. The Hall–Kier alpha value is -2.04. The molecular formula is C16H19NO3. The molecular weight excluding hydrogens is 254 g/mol. The van der Waals surface area contributed by atoms with E-state index in [2.05, 4.69) is 0 Å². The summed E-state index contributed by atoms with van der Waals surface area (Å²) in [5, 5.41) is 8.94. The fraction of sp³-hybridized carbons (Fsp3) is 0.250. The number of ether oxygens (including phenoxy) is 2. The lowest BCUT2D eigenvalue weighted by Crippen LogP contribution is -2.09. The second kappa shape index (κ2) is 7.53. The third-order valence-corrected chi connectivity index (χ3v) is 2.89. The van der Waals surface area contributed by atoms with Gasteiger partial charge in [0.05, 0.1) is 6.61 Å². The van der Waals surface area contributed by atoms with Crippen molar-refractivity contribution in [3.63, 3.8) is 0 Å². The Morgan fingerprint density at radius 1 is 0.750 bits per heavy atom. The van der Waals surface area contributed by atoms with E-state index in [1.54, 1.807) is 0 Å². The Morgan fingerprint density at radius 3 is 1.60 bits per heavy atom. The molecule has 4 nitrogen and oxygen atoms in total. The average Bonchev–Trinajstić information content (AvgIpc) is 2.53. The molecule has 0 aliphatic rings. The van der Waals surface area contributed by atoms with E-state index in [0.717, 1.165) is 22.6 Å². The minimum atomic E-state index is 0.0438. The lowest BCUT2D eigenvalue weighted by Gasteiger charge is -2.09. The Labute approximate surface area is 118 Å². The molecule has 0 spiro atoms. The molecule has 4 heteroatoms. The van der Waals surface area contributed by atoms with Crippen LogP contribution in [-0.4, -0.2) is 18.3 Å². The Morgan fingerprint density at radius 2 is 1.20 bits per heavy atom. The summed E-state index contributed by atoms with van der Waals surface area (Å²) in [6, 6.07) is 15.0. The Kier molecular flexibility index (Phi) is 5.41. The molecule has 0 aromatic heterocycles. The summed E-state index contributed by atoms with van der Waals surface area (Å²) in [6.45, 7) is 1.52. The van der Waals surface area contributed by atoms with Crippen LogP contribution in [0.4, 0.5) is 0 Å². The van der Waals surface area contributed by atoms with Gasteiger partial charge in [0.25, 0.3) is 0 Å². The second-order valence-corrected chi connectivity index (χ2v) is 4.35. The van der Waals surface area contributed by atoms with Gasteiger partial charge in [-0.25, -0.2) is 0 Å². The van der Waals surface area contributed by atoms with Gasteiger partial charge in [0.15, 0.2) is 0 Å². The number of aliphatic hydroxyl groups is 1. The standard InChI is InChI=1S/C16H19NO3/c17-11-13-1-5-15(6-2-13)19-9-10-20-16-7-3-14(12-18)4-8-16/h1-8,18H,9-12,17H2. The molecule has 0 aliphatic carbocycles. The van der Waals surface area contributed by atoms with Crippen molar-refractivity contribution < 1.29 is 14.6 Å². The van der Waals surface area contributed by atoms with Crippen molar-refractivity contribution in [1.29, 1.82) is 0 Å². The van der Waals surface area contributed by atoms with Crippen molar-refractivity contribution in [3.05, 3.63) is 59.7 Å². The molecule has 0 atom stereocenters. The first-order valence-electron chi connectivity index (χ1n) is 6.56. The van der Waals surface area contributed by atoms with Crippen LogP contribution in [0.5, 0.6) is 11.5 Å². The van der Waals surface area contributed by atoms with Gasteiger partial charge in [-0.05, 0) is 35.4 Å². The summed E-state index contributed by atoms with van der Waals surface area (Å²) in [6.07, 6.45) is 0. The zero-order valence-electron chi connectivity index (χ0n) is 11.3. The molecule has 2 aromatic carbocycles. The van der Waals surface area contributed by atoms with E-state index >= 15 is 0 Å². The minimum absolute atomic E-state index is 0.0438. The van der Waals surface area contributed by atoms with Crippen LogP contribution in [-0.2, 0) is 13.2 Å². The molecule has 0 bridgehead atoms. The topological polar surface area (TPSA) is 64.7 Å².